The molecule has 0 bridgehead atoms. The Hall–Kier alpha value is -2.01. The number of aliphatic hydroxyl groups excluding tert-OH is 1. The van der Waals surface area contributed by atoms with Gasteiger partial charge in [0, 0.05) is 42.4 Å². The zero-order valence-electron chi connectivity index (χ0n) is 13.4. The number of aliphatic hydroxyl groups is 1. The predicted octanol–water partition coefficient (Wildman–Crippen LogP) is 3.29. The minimum atomic E-state index is -0.164. The summed E-state index contributed by atoms with van der Waals surface area (Å²) in [5.74, 6) is 0. The van der Waals surface area contributed by atoms with Gasteiger partial charge in [0.05, 0.1) is 6.61 Å². The Balaban J connectivity index is 2.12. The third-order valence-corrected chi connectivity index (χ3v) is 3.64. The molecular formula is C17H25N3O2. The van der Waals surface area contributed by atoms with Gasteiger partial charge in [-0.15, -0.1) is 0 Å². The molecule has 0 radical (unpaired) electrons. The molecule has 2 amide bonds. The van der Waals surface area contributed by atoms with Gasteiger partial charge < -0.3 is 19.9 Å². The Bertz CT molecular complexity index is 615. The van der Waals surface area contributed by atoms with E-state index < -0.39 is 0 Å². The number of carbonyl (C=O) groups excluding carboxylic acids is 1. The van der Waals surface area contributed by atoms with Crippen LogP contribution in [0.15, 0.2) is 30.5 Å². The second kappa shape index (κ2) is 7.84. The number of nitrogens with one attached hydrogen (secondary N) is 1. The van der Waals surface area contributed by atoms with Crippen LogP contribution in [0.3, 0.4) is 0 Å². The van der Waals surface area contributed by atoms with Crippen molar-refractivity contribution in [1.29, 1.82) is 0 Å². The first kappa shape index (κ1) is 16.4. The molecule has 0 unspecified atom stereocenters. The Morgan fingerprint density at radius 1 is 1.23 bits per heavy atom. The minimum Gasteiger partial charge on any atom is -0.395 e. The third kappa shape index (κ3) is 3.80. The molecule has 2 N–H and O–H groups in total. The number of nitrogens with zero attached hydrogens (tertiary/aromatic N) is 2. The van der Waals surface area contributed by atoms with E-state index in [2.05, 4.69) is 29.1 Å². The SMILES string of the molecule is CCCN(CCO)C(=O)Nc1ccc2c(ccn2CCC)c1. The highest BCUT2D eigenvalue weighted by atomic mass is 16.3. The van der Waals surface area contributed by atoms with Gasteiger partial charge in [0.25, 0.3) is 0 Å². The number of hydrogen-bond acceptors (Lipinski definition) is 2. The molecule has 0 aliphatic carbocycles. The predicted molar refractivity (Wildman–Crippen MR) is 90.2 cm³/mol. The molecule has 0 atom stereocenters. The van der Waals surface area contributed by atoms with Gasteiger partial charge in [-0.05, 0) is 37.1 Å². The Morgan fingerprint density at radius 2 is 2.05 bits per heavy atom. The molecule has 1 aromatic carbocycles. The maximum absolute atomic E-state index is 12.2. The number of benzene rings is 1. The highest BCUT2D eigenvalue weighted by Gasteiger charge is 2.12. The second-order valence-electron chi connectivity index (χ2n) is 5.42. The normalized spacial score (nSPS) is 10.9. The lowest BCUT2D eigenvalue weighted by Crippen LogP contribution is -2.37. The van der Waals surface area contributed by atoms with Crippen molar-refractivity contribution in [2.24, 2.45) is 0 Å². The number of anilines is 1. The van der Waals surface area contributed by atoms with E-state index in [1.807, 2.05) is 25.1 Å². The average molecular weight is 303 g/mol. The summed E-state index contributed by atoms with van der Waals surface area (Å²) in [6.45, 7) is 6.14. The molecule has 0 spiro atoms. The van der Waals surface area contributed by atoms with Crippen molar-refractivity contribution in [2.45, 2.75) is 33.2 Å². The maximum Gasteiger partial charge on any atom is 0.321 e. The summed E-state index contributed by atoms with van der Waals surface area (Å²) in [5.41, 5.74) is 1.96. The van der Waals surface area contributed by atoms with E-state index in [-0.39, 0.29) is 12.6 Å². The number of aromatic nitrogens is 1. The molecule has 22 heavy (non-hydrogen) atoms. The fraction of sp³-hybridized carbons (Fsp3) is 0.471. The van der Waals surface area contributed by atoms with Gasteiger partial charge in [-0.2, -0.15) is 0 Å². The van der Waals surface area contributed by atoms with Crippen LogP contribution in [0.5, 0.6) is 0 Å². The minimum absolute atomic E-state index is 0.0215. The summed E-state index contributed by atoms with van der Waals surface area (Å²) in [6, 6.07) is 7.86. The molecule has 0 aliphatic rings. The molecule has 0 saturated carbocycles. The van der Waals surface area contributed by atoms with Crippen molar-refractivity contribution < 1.29 is 9.90 Å². The van der Waals surface area contributed by atoms with Crippen LogP contribution < -0.4 is 5.32 Å². The zero-order valence-corrected chi connectivity index (χ0v) is 13.4. The van der Waals surface area contributed by atoms with Crippen LogP contribution in [0.25, 0.3) is 10.9 Å². The lowest BCUT2D eigenvalue weighted by molar-refractivity contribution is 0.188. The number of urea groups is 1. The summed E-state index contributed by atoms with van der Waals surface area (Å²) in [7, 11) is 0. The molecule has 5 nitrogen and oxygen atoms in total. The first-order valence-electron chi connectivity index (χ1n) is 7.95. The van der Waals surface area contributed by atoms with Crippen molar-refractivity contribution in [3.8, 4) is 0 Å². The molecule has 120 valence electrons. The molecule has 2 rings (SSSR count). The van der Waals surface area contributed by atoms with Crippen LogP contribution in [-0.2, 0) is 6.54 Å². The number of rotatable bonds is 7. The summed E-state index contributed by atoms with van der Waals surface area (Å²) in [5, 5.41) is 13.1. The number of fused-ring (bicyclic) bond motifs is 1. The largest absolute Gasteiger partial charge is 0.395 e. The van der Waals surface area contributed by atoms with Crippen LogP contribution in [0, 0.1) is 0 Å². The van der Waals surface area contributed by atoms with E-state index in [0.717, 1.165) is 30.5 Å². The lowest BCUT2D eigenvalue weighted by atomic mass is 10.2. The standard InChI is InChI=1S/C17H25N3O2/c1-3-8-19-10-7-14-13-15(5-6-16(14)19)18-17(22)20(9-4-2)11-12-21/h5-7,10,13,21H,3-4,8-9,11-12H2,1-2H3,(H,18,22). The Labute approximate surface area is 131 Å². The van der Waals surface area contributed by atoms with Gasteiger partial charge in [0.2, 0.25) is 0 Å². The van der Waals surface area contributed by atoms with Gasteiger partial charge in [-0.25, -0.2) is 4.79 Å². The summed E-state index contributed by atoms with van der Waals surface area (Å²) >= 11 is 0. The third-order valence-electron chi connectivity index (χ3n) is 3.64. The Kier molecular flexibility index (Phi) is 5.83. The van der Waals surface area contributed by atoms with E-state index in [0.29, 0.717) is 13.1 Å². The van der Waals surface area contributed by atoms with Crippen molar-refractivity contribution in [2.75, 3.05) is 25.0 Å². The molecule has 2 aromatic rings. The monoisotopic (exact) mass is 303 g/mol. The summed E-state index contributed by atoms with van der Waals surface area (Å²) < 4.78 is 2.22. The van der Waals surface area contributed by atoms with Crippen LogP contribution >= 0.6 is 0 Å². The number of hydrogen-bond donors (Lipinski definition) is 2. The molecule has 0 aliphatic heterocycles. The highest BCUT2D eigenvalue weighted by Crippen LogP contribution is 2.21. The van der Waals surface area contributed by atoms with Gasteiger partial charge >= 0.3 is 6.03 Å². The first-order chi connectivity index (χ1) is 10.7. The molecule has 0 fully saturated rings. The van der Waals surface area contributed by atoms with Crippen molar-refractivity contribution >= 4 is 22.6 Å². The van der Waals surface area contributed by atoms with Gasteiger partial charge in [-0.3, -0.25) is 0 Å². The quantitative estimate of drug-likeness (QED) is 0.824. The van der Waals surface area contributed by atoms with Crippen molar-refractivity contribution in [1.82, 2.24) is 9.47 Å². The van der Waals surface area contributed by atoms with Crippen LogP contribution in [0.1, 0.15) is 26.7 Å². The van der Waals surface area contributed by atoms with E-state index in [1.165, 1.54) is 5.52 Å². The highest BCUT2D eigenvalue weighted by molar-refractivity contribution is 5.93. The fourth-order valence-electron chi connectivity index (χ4n) is 2.62. The molecule has 0 saturated heterocycles. The molecular weight excluding hydrogens is 278 g/mol. The smallest absolute Gasteiger partial charge is 0.321 e. The topological polar surface area (TPSA) is 57.5 Å². The maximum atomic E-state index is 12.2. The van der Waals surface area contributed by atoms with Crippen molar-refractivity contribution in [3.05, 3.63) is 30.5 Å². The first-order valence-corrected chi connectivity index (χ1v) is 7.95. The van der Waals surface area contributed by atoms with E-state index in [9.17, 15) is 4.79 Å². The Morgan fingerprint density at radius 3 is 2.73 bits per heavy atom. The summed E-state index contributed by atoms with van der Waals surface area (Å²) in [4.78, 5) is 13.9. The van der Waals surface area contributed by atoms with Gasteiger partial charge in [0.1, 0.15) is 0 Å². The zero-order chi connectivity index (χ0) is 15.9. The van der Waals surface area contributed by atoms with Crippen molar-refractivity contribution in [3.63, 3.8) is 0 Å². The number of amides is 2. The van der Waals surface area contributed by atoms with Crippen LogP contribution in [0.2, 0.25) is 0 Å². The van der Waals surface area contributed by atoms with Gasteiger partial charge in [-0.1, -0.05) is 13.8 Å². The van der Waals surface area contributed by atoms with E-state index >= 15 is 0 Å². The fourth-order valence-corrected chi connectivity index (χ4v) is 2.62. The van der Waals surface area contributed by atoms with Crippen LogP contribution in [-0.4, -0.2) is 40.3 Å². The van der Waals surface area contributed by atoms with E-state index in [1.54, 1.807) is 4.90 Å². The molecule has 1 aromatic heterocycles. The molecule has 5 heteroatoms. The van der Waals surface area contributed by atoms with E-state index in [4.69, 9.17) is 5.11 Å². The van der Waals surface area contributed by atoms with Gasteiger partial charge in [0.15, 0.2) is 0 Å². The van der Waals surface area contributed by atoms with Crippen LogP contribution in [0.4, 0.5) is 10.5 Å². The number of aryl methyl sites for hydroxylation is 1. The average Bonchev–Trinajstić information content (AvgIpc) is 2.90. The lowest BCUT2D eigenvalue weighted by Gasteiger charge is -2.21. The number of carbonyl (C=O) groups is 1. The second-order valence-corrected chi connectivity index (χ2v) is 5.42. The summed E-state index contributed by atoms with van der Waals surface area (Å²) in [6.07, 6.45) is 4.04. The molecule has 1 heterocycles.